The molecule has 3 aromatic carbocycles. The van der Waals surface area contributed by atoms with Crippen LogP contribution in [0.25, 0.3) is 0 Å². The first-order valence-corrected chi connectivity index (χ1v) is 11.9. The van der Waals surface area contributed by atoms with Crippen LogP contribution >= 0.6 is 0 Å². The van der Waals surface area contributed by atoms with E-state index in [1.807, 2.05) is 42.5 Å². The van der Waals surface area contributed by atoms with Gasteiger partial charge in [0.05, 0.1) is 25.2 Å². The number of anilines is 1. The predicted molar refractivity (Wildman–Crippen MR) is 137 cm³/mol. The van der Waals surface area contributed by atoms with Crippen molar-refractivity contribution in [2.45, 2.75) is 31.7 Å². The fourth-order valence-electron chi connectivity index (χ4n) is 4.90. The van der Waals surface area contributed by atoms with Crippen molar-refractivity contribution in [3.63, 3.8) is 0 Å². The number of rotatable bonds is 9. The molecule has 4 rings (SSSR count). The topological polar surface area (TPSA) is 94.4 Å². The molecule has 0 fully saturated rings. The molecule has 180 valence electrons. The Bertz CT molecular complexity index is 1220. The van der Waals surface area contributed by atoms with E-state index in [1.165, 1.54) is 5.56 Å². The molecule has 1 aliphatic rings. The average Bonchev–Trinajstić information content (AvgIpc) is 2.88. The number of methoxy groups -OCH3 is 1. The standard InChI is InChI=1S/C29H31N3O3/c1-19(21-11-12-22(15-28(33)34)27(14-21)35-2)17-32-29(20-7-4-3-5-8-20)24-13-25-23(16-30)9-6-10-26(25)31-18-24/h3-12,14,19,24,29,31-32H,13,15,17-18H2,1-2H3,(H,33,34)/t19-,24+,29+/m0/s1. The fraction of sp³-hybridized carbons (Fsp3) is 0.310. The summed E-state index contributed by atoms with van der Waals surface area (Å²) >= 11 is 0. The summed E-state index contributed by atoms with van der Waals surface area (Å²) in [6, 6.07) is 24.5. The zero-order valence-electron chi connectivity index (χ0n) is 20.1. The van der Waals surface area contributed by atoms with Gasteiger partial charge in [-0.1, -0.05) is 55.5 Å². The molecule has 0 aromatic heterocycles. The molecule has 6 heteroatoms. The number of benzene rings is 3. The first-order chi connectivity index (χ1) is 17.0. The summed E-state index contributed by atoms with van der Waals surface area (Å²) in [4.78, 5) is 11.1. The van der Waals surface area contributed by atoms with Crippen molar-refractivity contribution in [1.82, 2.24) is 5.32 Å². The molecular formula is C29H31N3O3. The van der Waals surface area contributed by atoms with Crippen LogP contribution in [0.2, 0.25) is 0 Å². The van der Waals surface area contributed by atoms with Crippen LogP contribution < -0.4 is 15.4 Å². The van der Waals surface area contributed by atoms with Gasteiger partial charge in [0.25, 0.3) is 0 Å². The van der Waals surface area contributed by atoms with E-state index in [2.05, 4.69) is 47.9 Å². The third-order valence-corrected chi connectivity index (χ3v) is 6.81. The van der Waals surface area contributed by atoms with Gasteiger partial charge in [0, 0.05) is 30.4 Å². The second-order valence-corrected chi connectivity index (χ2v) is 9.13. The highest BCUT2D eigenvalue weighted by Gasteiger charge is 2.29. The first-order valence-electron chi connectivity index (χ1n) is 11.9. The maximum atomic E-state index is 11.1. The highest BCUT2D eigenvalue weighted by atomic mass is 16.5. The van der Waals surface area contributed by atoms with Crippen LogP contribution in [0.1, 0.15) is 46.7 Å². The van der Waals surface area contributed by atoms with E-state index in [9.17, 15) is 10.1 Å². The largest absolute Gasteiger partial charge is 0.496 e. The van der Waals surface area contributed by atoms with Crippen LogP contribution in [0.3, 0.4) is 0 Å². The summed E-state index contributed by atoms with van der Waals surface area (Å²) in [5.41, 5.74) is 5.85. The molecule has 1 aliphatic heterocycles. The van der Waals surface area contributed by atoms with E-state index in [4.69, 9.17) is 9.84 Å². The van der Waals surface area contributed by atoms with Crippen molar-refractivity contribution in [3.05, 3.63) is 94.5 Å². The molecular weight excluding hydrogens is 438 g/mol. The van der Waals surface area contributed by atoms with Gasteiger partial charge >= 0.3 is 5.97 Å². The first kappa shape index (κ1) is 24.3. The van der Waals surface area contributed by atoms with Gasteiger partial charge in [-0.3, -0.25) is 4.79 Å². The lowest BCUT2D eigenvalue weighted by molar-refractivity contribution is -0.136. The van der Waals surface area contributed by atoms with Gasteiger partial charge < -0.3 is 20.5 Å². The van der Waals surface area contributed by atoms with Gasteiger partial charge in [0.1, 0.15) is 5.75 Å². The summed E-state index contributed by atoms with van der Waals surface area (Å²) in [5.74, 6) is 0.193. The van der Waals surface area contributed by atoms with Crippen LogP contribution in [0.4, 0.5) is 5.69 Å². The predicted octanol–water partition coefficient (Wildman–Crippen LogP) is 4.91. The summed E-state index contributed by atoms with van der Waals surface area (Å²) < 4.78 is 5.46. The number of ether oxygens (including phenoxy) is 1. The third-order valence-electron chi connectivity index (χ3n) is 6.81. The van der Waals surface area contributed by atoms with Gasteiger partial charge in [-0.25, -0.2) is 0 Å². The Balaban J connectivity index is 1.53. The number of carboxylic acids is 1. The van der Waals surface area contributed by atoms with Crippen molar-refractivity contribution < 1.29 is 14.6 Å². The molecule has 3 aromatic rings. The summed E-state index contributed by atoms with van der Waals surface area (Å²) in [6.45, 7) is 3.72. The van der Waals surface area contributed by atoms with Gasteiger partial charge in [-0.05, 0) is 53.1 Å². The number of nitrogens with one attached hydrogen (secondary N) is 2. The number of nitrogens with zero attached hydrogens (tertiary/aromatic N) is 1. The summed E-state index contributed by atoms with van der Waals surface area (Å²) in [7, 11) is 1.57. The lowest BCUT2D eigenvalue weighted by atomic mass is 9.83. The van der Waals surface area contributed by atoms with Crippen LogP contribution in [0.15, 0.2) is 66.7 Å². The Hall–Kier alpha value is -3.82. The van der Waals surface area contributed by atoms with Crippen molar-refractivity contribution in [3.8, 4) is 11.8 Å². The van der Waals surface area contributed by atoms with Crippen molar-refractivity contribution in [1.29, 1.82) is 5.26 Å². The molecule has 0 unspecified atom stereocenters. The minimum atomic E-state index is -0.876. The third kappa shape index (κ3) is 5.64. The highest BCUT2D eigenvalue weighted by Crippen LogP contribution is 2.34. The zero-order valence-corrected chi connectivity index (χ0v) is 20.1. The number of aliphatic carboxylic acids is 1. The molecule has 0 saturated heterocycles. The monoisotopic (exact) mass is 469 g/mol. The number of carboxylic acid groups (broad SMARTS) is 1. The zero-order chi connectivity index (χ0) is 24.8. The number of carbonyl (C=O) groups is 1. The SMILES string of the molecule is COc1cc([C@@H](C)CN[C@H](c2ccccc2)[C@H]2CNc3cccc(C#N)c3C2)ccc1CC(=O)O. The second kappa shape index (κ2) is 11.1. The Kier molecular flexibility index (Phi) is 7.69. The molecule has 6 nitrogen and oxygen atoms in total. The number of hydrogen-bond donors (Lipinski definition) is 3. The summed E-state index contributed by atoms with van der Waals surface area (Å²) in [5, 5.41) is 26.1. The maximum absolute atomic E-state index is 11.1. The molecule has 0 spiro atoms. The molecule has 0 bridgehead atoms. The van der Waals surface area contributed by atoms with Gasteiger partial charge in [0.15, 0.2) is 0 Å². The number of nitriles is 1. The Labute approximate surface area is 206 Å². The van der Waals surface area contributed by atoms with Crippen molar-refractivity contribution >= 4 is 11.7 Å². The Morgan fingerprint density at radius 3 is 2.69 bits per heavy atom. The molecule has 3 atom stereocenters. The Morgan fingerprint density at radius 1 is 1.17 bits per heavy atom. The second-order valence-electron chi connectivity index (χ2n) is 9.13. The van der Waals surface area contributed by atoms with Crippen LogP contribution in [-0.2, 0) is 17.6 Å². The van der Waals surface area contributed by atoms with Gasteiger partial charge in [0.2, 0.25) is 0 Å². The minimum Gasteiger partial charge on any atom is -0.496 e. The van der Waals surface area contributed by atoms with E-state index in [1.54, 1.807) is 7.11 Å². The molecule has 35 heavy (non-hydrogen) atoms. The van der Waals surface area contributed by atoms with Crippen molar-refractivity contribution in [2.75, 3.05) is 25.5 Å². The average molecular weight is 470 g/mol. The normalized spacial score (nSPS) is 16.3. The molecule has 0 saturated carbocycles. The summed E-state index contributed by atoms with van der Waals surface area (Å²) in [6.07, 6.45) is 0.762. The van der Waals surface area contributed by atoms with E-state index in [-0.39, 0.29) is 24.3 Å². The fourth-order valence-corrected chi connectivity index (χ4v) is 4.90. The molecule has 0 aliphatic carbocycles. The lowest BCUT2D eigenvalue weighted by Crippen LogP contribution is -2.37. The maximum Gasteiger partial charge on any atom is 0.307 e. The van der Waals surface area contributed by atoms with Gasteiger partial charge in [-0.2, -0.15) is 5.26 Å². The van der Waals surface area contributed by atoms with E-state index < -0.39 is 5.97 Å². The number of fused-ring (bicyclic) bond motifs is 1. The molecule has 1 heterocycles. The van der Waals surface area contributed by atoms with Crippen LogP contribution in [0.5, 0.6) is 5.75 Å². The van der Waals surface area contributed by atoms with Crippen molar-refractivity contribution in [2.24, 2.45) is 5.92 Å². The number of hydrogen-bond acceptors (Lipinski definition) is 5. The van der Waals surface area contributed by atoms with Crippen LogP contribution in [0, 0.1) is 17.2 Å². The van der Waals surface area contributed by atoms with Crippen LogP contribution in [-0.4, -0.2) is 31.3 Å². The smallest absolute Gasteiger partial charge is 0.307 e. The minimum absolute atomic E-state index is 0.0625. The Morgan fingerprint density at radius 2 is 1.97 bits per heavy atom. The highest BCUT2D eigenvalue weighted by molar-refractivity contribution is 5.71. The van der Waals surface area contributed by atoms with Gasteiger partial charge in [-0.15, -0.1) is 0 Å². The molecule has 0 radical (unpaired) electrons. The lowest BCUT2D eigenvalue weighted by Gasteiger charge is -2.34. The quantitative estimate of drug-likeness (QED) is 0.412. The van der Waals surface area contributed by atoms with E-state index in [0.29, 0.717) is 11.3 Å². The van der Waals surface area contributed by atoms with E-state index in [0.717, 1.165) is 41.9 Å². The molecule has 0 amide bonds. The molecule has 3 N–H and O–H groups in total. The van der Waals surface area contributed by atoms with E-state index >= 15 is 0 Å².